The summed E-state index contributed by atoms with van der Waals surface area (Å²) in [6, 6.07) is 9.42. The van der Waals surface area contributed by atoms with Crippen molar-refractivity contribution in [3.05, 3.63) is 40.1 Å². The molecule has 3 rings (SSSR count). The van der Waals surface area contributed by atoms with Crippen LogP contribution in [0.15, 0.2) is 35.5 Å². The van der Waals surface area contributed by atoms with E-state index in [2.05, 4.69) is 15.3 Å². The zero-order valence-electron chi connectivity index (χ0n) is 14.5. The van der Waals surface area contributed by atoms with Crippen molar-refractivity contribution in [1.29, 1.82) is 0 Å². The van der Waals surface area contributed by atoms with Gasteiger partial charge in [-0.05, 0) is 30.7 Å². The molecule has 0 unspecified atom stereocenters. The maximum absolute atomic E-state index is 12.4. The molecule has 3 aromatic rings. The quantitative estimate of drug-likeness (QED) is 0.456. The van der Waals surface area contributed by atoms with E-state index in [0.717, 1.165) is 33.0 Å². The monoisotopic (exact) mass is 389 g/mol. The number of carbonyl (C=O) groups excluding carboxylic acids is 2. The predicted octanol–water partition coefficient (Wildman–Crippen LogP) is 3.29. The summed E-state index contributed by atoms with van der Waals surface area (Å²) in [7, 11) is 1.62. The Morgan fingerprint density at radius 1 is 1.31 bits per heavy atom. The van der Waals surface area contributed by atoms with E-state index in [1.54, 1.807) is 7.11 Å². The molecular formula is C18H19N3O3S2. The number of rotatable bonds is 8. The molecule has 0 saturated heterocycles. The molecule has 0 atom stereocenters. The number of methoxy groups -OCH3 is 1. The number of carbonyl (C=O) groups is 2. The first-order valence-electron chi connectivity index (χ1n) is 8.08. The van der Waals surface area contributed by atoms with Crippen LogP contribution in [0.5, 0.6) is 5.75 Å². The van der Waals surface area contributed by atoms with Crippen LogP contribution in [0.3, 0.4) is 0 Å². The van der Waals surface area contributed by atoms with E-state index in [1.165, 1.54) is 30.0 Å². The van der Waals surface area contributed by atoms with Gasteiger partial charge in [0.15, 0.2) is 10.9 Å². The lowest BCUT2D eigenvalue weighted by Crippen LogP contribution is -2.22. The van der Waals surface area contributed by atoms with E-state index in [4.69, 9.17) is 4.74 Å². The lowest BCUT2D eigenvalue weighted by atomic mass is 10.3. The van der Waals surface area contributed by atoms with Gasteiger partial charge in [-0.25, -0.2) is 4.98 Å². The van der Waals surface area contributed by atoms with Crippen molar-refractivity contribution in [2.45, 2.75) is 18.5 Å². The number of aromatic nitrogens is 2. The number of hydrogen-bond acceptors (Lipinski definition) is 6. The average Bonchev–Trinajstić information content (AvgIpc) is 3.25. The third-order valence-corrected chi connectivity index (χ3v) is 5.75. The Labute approximate surface area is 159 Å². The molecule has 0 radical (unpaired) electrons. The summed E-state index contributed by atoms with van der Waals surface area (Å²) in [6.45, 7) is 2.08. The molecule has 2 heterocycles. The number of thioether (sulfide) groups is 1. The Hall–Kier alpha value is -2.32. The van der Waals surface area contributed by atoms with Crippen molar-refractivity contribution >= 4 is 45.8 Å². The normalized spacial score (nSPS) is 10.8. The number of fused-ring (bicyclic) bond motifs is 1. The Morgan fingerprint density at radius 2 is 2.15 bits per heavy atom. The first-order valence-corrected chi connectivity index (χ1v) is 9.88. The molecule has 8 heteroatoms. The number of nitrogens with zero attached hydrogens (tertiary/aromatic N) is 1. The number of Topliss-reactive ketones (excluding diaryl/α,β-unsaturated/α-hetero) is 1. The van der Waals surface area contributed by atoms with Gasteiger partial charge in [0.25, 0.3) is 0 Å². The Kier molecular flexibility index (Phi) is 5.95. The van der Waals surface area contributed by atoms with Crippen LogP contribution in [0, 0.1) is 0 Å². The topological polar surface area (TPSA) is 84.1 Å². The largest absolute Gasteiger partial charge is 0.497 e. The number of ether oxygens (including phenoxy) is 1. The second-order valence-electron chi connectivity index (χ2n) is 5.64. The molecule has 0 aliphatic carbocycles. The first kappa shape index (κ1) is 18.5. The van der Waals surface area contributed by atoms with E-state index < -0.39 is 0 Å². The molecule has 26 heavy (non-hydrogen) atoms. The Bertz CT molecular complexity index is 933. The van der Waals surface area contributed by atoms with Crippen LogP contribution in [-0.2, 0) is 11.2 Å². The lowest BCUT2D eigenvalue weighted by molar-refractivity contribution is -0.118. The van der Waals surface area contributed by atoms with Gasteiger partial charge in [0.1, 0.15) is 5.75 Å². The minimum absolute atomic E-state index is 0.0438. The van der Waals surface area contributed by atoms with Gasteiger partial charge in [0, 0.05) is 24.4 Å². The Morgan fingerprint density at radius 3 is 2.92 bits per heavy atom. The van der Waals surface area contributed by atoms with E-state index in [0.29, 0.717) is 17.5 Å². The van der Waals surface area contributed by atoms with Crippen molar-refractivity contribution in [1.82, 2.24) is 15.3 Å². The van der Waals surface area contributed by atoms with Crippen molar-refractivity contribution < 1.29 is 14.3 Å². The average molecular weight is 390 g/mol. The summed E-state index contributed by atoms with van der Waals surface area (Å²) in [5.41, 5.74) is 1.73. The third-order valence-electron chi connectivity index (χ3n) is 3.69. The van der Waals surface area contributed by atoms with Crippen molar-refractivity contribution in [2.24, 2.45) is 0 Å². The van der Waals surface area contributed by atoms with Crippen LogP contribution in [0.1, 0.15) is 21.5 Å². The van der Waals surface area contributed by atoms with Gasteiger partial charge in [-0.2, -0.15) is 0 Å². The minimum atomic E-state index is -0.0438. The van der Waals surface area contributed by atoms with E-state index in [-0.39, 0.29) is 11.7 Å². The van der Waals surface area contributed by atoms with Crippen LogP contribution in [0.4, 0.5) is 0 Å². The highest BCUT2D eigenvalue weighted by atomic mass is 32.2. The second-order valence-corrected chi connectivity index (χ2v) is 7.77. The SMILES string of the molecule is COc1ccc2nc(SCC(=O)c3ccc(CCNC(C)=O)s3)[nH]c2c1. The second kappa shape index (κ2) is 8.37. The van der Waals surface area contributed by atoms with Crippen molar-refractivity contribution in [3.63, 3.8) is 0 Å². The third kappa shape index (κ3) is 4.64. The highest BCUT2D eigenvalue weighted by Crippen LogP contribution is 2.25. The summed E-state index contributed by atoms with van der Waals surface area (Å²) < 4.78 is 5.20. The molecule has 0 fully saturated rings. The number of imidazole rings is 1. The van der Waals surface area contributed by atoms with Crippen molar-refractivity contribution in [2.75, 3.05) is 19.4 Å². The number of thiophene rings is 1. The number of amides is 1. The number of ketones is 1. The van der Waals surface area contributed by atoms with Crippen molar-refractivity contribution in [3.8, 4) is 5.75 Å². The molecule has 1 amide bonds. The molecule has 0 aliphatic heterocycles. The first-order chi connectivity index (χ1) is 12.5. The molecule has 6 nitrogen and oxygen atoms in total. The molecular weight excluding hydrogens is 370 g/mol. The highest BCUT2D eigenvalue weighted by Gasteiger charge is 2.12. The summed E-state index contributed by atoms with van der Waals surface area (Å²) in [6.07, 6.45) is 0.732. The number of nitrogens with one attached hydrogen (secondary N) is 2. The van der Waals surface area contributed by atoms with Crippen LogP contribution in [-0.4, -0.2) is 41.1 Å². The zero-order valence-corrected chi connectivity index (χ0v) is 16.1. The van der Waals surface area contributed by atoms with Crippen LogP contribution in [0.25, 0.3) is 11.0 Å². The fourth-order valence-electron chi connectivity index (χ4n) is 2.39. The van der Waals surface area contributed by atoms with E-state index in [1.807, 2.05) is 30.3 Å². The maximum atomic E-state index is 12.4. The maximum Gasteiger partial charge on any atom is 0.216 e. The summed E-state index contributed by atoms with van der Waals surface area (Å²) in [5, 5.41) is 3.47. The molecule has 1 aromatic carbocycles. The number of aromatic amines is 1. The van der Waals surface area contributed by atoms with Crippen LogP contribution < -0.4 is 10.1 Å². The number of hydrogen-bond donors (Lipinski definition) is 2. The lowest BCUT2D eigenvalue weighted by Gasteiger charge is -1.99. The van der Waals surface area contributed by atoms with Gasteiger partial charge in [0.2, 0.25) is 5.91 Å². The minimum Gasteiger partial charge on any atom is -0.497 e. The zero-order chi connectivity index (χ0) is 18.5. The molecule has 2 aromatic heterocycles. The molecule has 0 spiro atoms. The smallest absolute Gasteiger partial charge is 0.216 e. The van der Waals surface area contributed by atoms with Crippen LogP contribution >= 0.6 is 23.1 Å². The van der Waals surface area contributed by atoms with Gasteiger partial charge in [-0.3, -0.25) is 9.59 Å². The number of H-pyrrole nitrogens is 1. The summed E-state index contributed by atoms with van der Waals surface area (Å²) >= 11 is 2.86. The fraction of sp³-hybridized carbons (Fsp3) is 0.278. The van der Waals surface area contributed by atoms with Gasteiger partial charge in [-0.15, -0.1) is 11.3 Å². The van der Waals surface area contributed by atoms with Gasteiger partial charge in [-0.1, -0.05) is 11.8 Å². The van der Waals surface area contributed by atoms with E-state index in [9.17, 15) is 9.59 Å². The molecule has 0 aliphatic rings. The molecule has 136 valence electrons. The predicted molar refractivity (Wildman–Crippen MR) is 104 cm³/mol. The molecule has 0 bridgehead atoms. The molecule has 2 N–H and O–H groups in total. The number of benzene rings is 1. The summed E-state index contributed by atoms with van der Waals surface area (Å²) in [4.78, 5) is 32.8. The highest BCUT2D eigenvalue weighted by molar-refractivity contribution is 7.99. The van der Waals surface area contributed by atoms with Crippen LogP contribution in [0.2, 0.25) is 0 Å². The van der Waals surface area contributed by atoms with Gasteiger partial charge in [0.05, 0.1) is 28.8 Å². The fourth-order valence-corrected chi connectivity index (χ4v) is 4.19. The van der Waals surface area contributed by atoms with Gasteiger partial charge >= 0.3 is 0 Å². The molecule has 0 saturated carbocycles. The Balaban J connectivity index is 1.57. The standard InChI is InChI=1S/C18H19N3O3S2/c1-11(22)19-8-7-13-4-6-17(26-13)16(23)10-25-18-20-14-5-3-12(24-2)9-15(14)21-18/h3-6,9H,7-8,10H2,1-2H3,(H,19,22)(H,20,21). The van der Waals surface area contributed by atoms with E-state index >= 15 is 0 Å². The summed E-state index contributed by atoms with van der Waals surface area (Å²) in [5.74, 6) is 1.11. The van der Waals surface area contributed by atoms with Gasteiger partial charge < -0.3 is 15.0 Å².